The Morgan fingerprint density at radius 3 is 2.94 bits per heavy atom. The predicted molar refractivity (Wildman–Crippen MR) is 68.1 cm³/mol. The highest BCUT2D eigenvalue weighted by atomic mass is 79.9. The summed E-state index contributed by atoms with van der Waals surface area (Å²) in [6.07, 6.45) is 1.68. The van der Waals surface area contributed by atoms with Gasteiger partial charge in [0.2, 0.25) is 0 Å². The summed E-state index contributed by atoms with van der Waals surface area (Å²) >= 11 is 3.41. The Hall–Kier alpha value is -1.53. The molecule has 0 radical (unpaired) electrons. The Labute approximate surface area is 107 Å². The highest BCUT2D eigenvalue weighted by Gasteiger charge is 2.09. The van der Waals surface area contributed by atoms with Crippen molar-refractivity contribution >= 4 is 21.7 Å². The normalized spacial score (nSPS) is 10.5. The number of nitrogens with zero attached hydrogens (tertiary/aromatic N) is 3. The average molecular weight is 295 g/mol. The third-order valence-electron chi connectivity index (χ3n) is 2.06. The van der Waals surface area contributed by atoms with Gasteiger partial charge in [0, 0.05) is 23.8 Å². The first-order valence-electron chi connectivity index (χ1n) is 4.94. The molecule has 0 aliphatic carbocycles. The summed E-state index contributed by atoms with van der Waals surface area (Å²) in [7, 11) is 1.61. The van der Waals surface area contributed by atoms with E-state index in [-0.39, 0.29) is 0 Å². The smallest absolute Gasteiger partial charge is 0.181 e. The van der Waals surface area contributed by atoms with Gasteiger partial charge >= 0.3 is 0 Å². The molecule has 2 N–H and O–H groups in total. The van der Waals surface area contributed by atoms with Crippen molar-refractivity contribution in [2.45, 2.75) is 6.61 Å². The number of aromatic nitrogens is 3. The van der Waals surface area contributed by atoms with Gasteiger partial charge in [0.1, 0.15) is 11.5 Å². The minimum absolute atomic E-state index is 0.393. The first-order valence-corrected chi connectivity index (χ1v) is 5.73. The molecule has 0 atom stereocenters. The fourth-order valence-corrected chi connectivity index (χ4v) is 1.83. The number of nitrogen functional groups attached to an aromatic ring is 1. The maximum atomic E-state index is 5.73. The lowest BCUT2D eigenvalue weighted by atomic mass is 10.3. The van der Waals surface area contributed by atoms with Crippen molar-refractivity contribution < 1.29 is 4.74 Å². The van der Waals surface area contributed by atoms with Gasteiger partial charge < -0.3 is 10.5 Å². The first kappa shape index (κ1) is 11.9. The molecule has 17 heavy (non-hydrogen) atoms. The van der Waals surface area contributed by atoms with Gasteiger partial charge in [0.05, 0.1) is 12.3 Å². The van der Waals surface area contributed by atoms with Gasteiger partial charge in [0.25, 0.3) is 0 Å². The summed E-state index contributed by atoms with van der Waals surface area (Å²) < 4.78 is 5.85. The Bertz CT molecular complexity index is 533. The monoisotopic (exact) mass is 294 g/mol. The highest BCUT2D eigenvalue weighted by molar-refractivity contribution is 9.10. The van der Waals surface area contributed by atoms with Crippen LogP contribution in [0.4, 0.5) is 5.82 Å². The van der Waals surface area contributed by atoms with E-state index in [2.05, 4.69) is 30.9 Å². The van der Waals surface area contributed by atoms with Crippen LogP contribution in [0.5, 0.6) is 0 Å². The third kappa shape index (κ3) is 2.78. The zero-order valence-corrected chi connectivity index (χ0v) is 10.8. The van der Waals surface area contributed by atoms with Gasteiger partial charge in [0.15, 0.2) is 5.82 Å². The van der Waals surface area contributed by atoms with Gasteiger partial charge in [-0.1, -0.05) is 0 Å². The van der Waals surface area contributed by atoms with Crippen LogP contribution in [0.3, 0.4) is 0 Å². The zero-order chi connectivity index (χ0) is 12.3. The van der Waals surface area contributed by atoms with Crippen LogP contribution in [0, 0.1) is 0 Å². The van der Waals surface area contributed by atoms with Crippen LogP contribution in [0.25, 0.3) is 11.5 Å². The number of ether oxygens (including phenoxy) is 1. The second-order valence-corrected chi connectivity index (χ2v) is 4.23. The molecule has 0 amide bonds. The van der Waals surface area contributed by atoms with Crippen LogP contribution in [0.1, 0.15) is 5.69 Å². The van der Waals surface area contributed by atoms with Crippen molar-refractivity contribution in [1.29, 1.82) is 0 Å². The summed E-state index contributed by atoms with van der Waals surface area (Å²) in [6, 6.07) is 5.39. The fraction of sp³-hybridized carbons (Fsp3) is 0.182. The molecule has 88 valence electrons. The number of halogens is 1. The molecule has 0 saturated carbocycles. The molecule has 0 aliphatic heterocycles. The molecular formula is C11H11BrN4O. The van der Waals surface area contributed by atoms with E-state index in [0.717, 1.165) is 10.2 Å². The Morgan fingerprint density at radius 2 is 2.24 bits per heavy atom. The largest absolute Gasteiger partial charge is 0.384 e. The average Bonchev–Trinajstić information content (AvgIpc) is 2.29. The topological polar surface area (TPSA) is 73.9 Å². The second-order valence-electron chi connectivity index (χ2n) is 3.37. The van der Waals surface area contributed by atoms with Crippen molar-refractivity contribution in [3.05, 3.63) is 34.6 Å². The predicted octanol–water partition coefficient (Wildman–Crippen LogP) is 2.03. The molecule has 0 aromatic carbocycles. The van der Waals surface area contributed by atoms with Crippen LogP contribution < -0.4 is 5.73 Å². The van der Waals surface area contributed by atoms with Gasteiger partial charge in [-0.2, -0.15) is 0 Å². The molecule has 0 unspecified atom stereocenters. The minimum atomic E-state index is 0.393. The number of hydrogen-bond acceptors (Lipinski definition) is 5. The van der Waals surface area contributed by atoms with E-state index in [1.54, 1.807) is 19.4 Å². The van der Waals surface area contributed by atoms with Gasteiger partial charge in [-0.3, -0.25) is 4.98 Å². The Kier molecular flexibility index (Phi) is 3.65. The van der Waals surface area contributed by atoms with E-state index >= 15 is 0 Å². The van der Waals surface area contributed by atoms with E-state index in [1.807, 2.05) is 12.1 Å². The number of rotatable bonds is 3. The quantitative estimate of drug-likeness (QED) is 0.937. The van der Waals surface area contributed by atoms with Crippen molar-refractivity contribution in [3.8, 4) is 11.5 Å². The van der Waals surface area contributed by atoms with Crippen molar-refractivity contribution in [3.63, 3.8) is 0 Å². The minimum Gasteiger partial charge on any atom is -0.384 e. The number of nitrogens with two attached hydrogens (primary N) is 1. The van der Waals surface area contributed by atoms with Crippen molar-refractivity contribution in [2.24, 2.45) is 0 Å². The SMILES string of the molecule is COCc1cc(N)nc(-c2ncccc2Br)n1. The maximum absolute atomic E-state index is 5.73. The summed E-state index contributed by atoms with van der Waals surface area (Å²) in [4.78, 5) is 12.7. The molecule has 2 heterocycles. The molecule has 6 heteroatoms. The van der Waals surface area contributed by atoms with Crippen LogP contribution in [-0.2, 0) is 11.3 Å². The summed E-state index contributed by atoms with van der Waals surface area (Å²) in [5.74, 6) is 0.893. The molecule has 0 aliphatic rings. The van der Waals surface area contributed by atoms with Gasteiger partial charge in [-0.05, 0) is 28.1 Å². The molecule has 2 aromatic rings. The van der Waals surface area contributed by atoms with Crippen molar-refractivity contribution in [1.82, 2.24) is 15.0 Å². The van der Waals surface area contributed by atoms with Crippen LogP contribution >= 0.6 is 15.9 Å². The number of anilines is 1. The molecule has 2 aromatic heterocycles. The lowest BCUT2D eigenvalue weighted by Gasteiger charge is -2.05. The summed E-state index contributed by atoms with van der Waals surface area (Å²) in [5, 5.41) is 0. The van der Waals surface area contributed by atoms with Crippen LogP contribution in [0.15, 0.2) is 28.9 Å². The maximum Gasteiger partial charge on any atom is 0.181 e. The van der Waals surface area contributed by atoms with Gasteiger partial charge in [-0.25, -0.2) is 9.97 Å². The van der Waals surface area contributed by atoms with E-state index in [9.17, 15) is 0 Å². The Balaban J connectivity index is 2.48. The lowest BCUT2D eigenvalue weighted by Crippen LogP contribution is -2.02. The summed E-state index contributed by atoms with van der Waals surface area (Å²) in [6.45, 7) is 0.393. The lowest BCUT2D eigenvalue weighted by molar-refractivity contribution is 0.181. The van der Waals surface area contributed by atoms with Crippen LogP contribution in [0.2, 0.25) is 0 Å². The molecule has 0 fully saturated rings. The van der Waals surface area contributed by atoms with E-state index in [0.29, 0.717) is 23.9 Å². The standard InChI is InChI=1S/C11H11BrN4O/c1-17-6-7-5-9(13)16-11(15-7)10-8(12)3-2-4-14-10/h2-5H,6H2,1H3,(H2,13,15,16). The molecule has 0 bridgehead atoms. The summed E-state index contributed by atoms with van der Waals surface area (Å²) in [5.41, 5.74) is 7.12. The molecule has 0 spiro atoms. The first-order chi connectivity index (χ1) is 8.20. The van der Waals surface area contributed by atoms with E-state index in [4.69, 9.17) is 10.5 Å². The van der Waals surface area contributed by atoms with Crippen LogP contribution in [-0.4, -0.2) is 22.1 Å². The highest BCUT2D eigenvalue weighted by Crippen LogP contribution is 2.23. The second kappa shape index (κ2) is 5.20. The van der Waals surface area contributed by atoms with Gasteiger partial charge in [-0.15, -0.1) is 0 Å². The molecule has 5 nitrogen and oxygen atoms in total. The van der Waals surface area contributed by atoms with E-state index < -0.39 is 0 Å². The number of methoxy groups -OCH3 is 1. The molecule has 2 rings (SSSR count). The Morgan fingerprint density at radius 1 is 1.41 bits per heavy atom. The number of pyridine rings is 1. The van der Waals surface area contributed by atoms with Crippen molar-refractivity contribution in [2.75, 3.05) is 12.8 Å². The third-order valence-corrected chi connectivity index (χ3v) is 2.70. The zero-order valence-electron chi connectivity index (χ0n) is 9.22. The molecule has 0 saturated heterocycles. The number of hydrogen-bond donors (Lipinski definition) is 1. The fourth-order valence-electron chi connectivity index (χ4n) is 1.40. The van der Waals surface area contributed by atoms with E-state index in [1.165, 1.54) is 0 Å². The molecular weight excluding hydrogens is 284 g/mol.